The Morgan fingerprint density at radius 3 is 2.36 bits per heavy atom. The van der Waals surface area contributed by atoms with Gasteiger partial charge in [-0.2, -0.15) is 0 Å². The van der Waals surface area contributed by atoms with Crippen LogP contribution in [0.4, 0.5) is 5.69 Å². The quantitative estimate of drug-likeness (QED) is 0.516. The van der Waals surface area contributed by atoms with Crippen LogP contribution in [0.5, 0.6) is 0 Å². The number of rotatable bonds is 4. The van der Waals surface area contributed by atoms with Crippen LogP contribution in [-0.2, 0) is 9.59 Å². The van der Waals surface area contributed by atoms with Crippen LogP contribution < -0.4 is 5.32 Å². The highest BCUT2D eigenvalue weighted by molar-refractivity contribution is 6.45. The number of benzene rings is 2. The van der Waals surface area contributed by atoms with E-state index in [-0.39, 0.29) is 5.76 Å². The molecule has 112 valence electrons. The molecule has 0 saturated heterocycles. The Labute approximate surface area is 129 Å². The molecule has 0 fully saturated rings. The van der Waals surface area contributed by atoms with Crippen molar-refractivity contribution in [2.45, 2.75) is 13.8 Å². The Bertz CT molecular complexity index is 733. The van der Waals surface area contributed by atoms with Gasteiger partial charge in [0.05, 0.1) is 0 Å². The van der Waals surface area contributed by atoms with Gasteiger partial charge in [0.15, 0.2) is 0 Å². The van der Waals surface area contributed by atoms with E-state index in [4.69, 9.17) is 0 Å². The third-order valence-corrected chi connectivity index (χ3v) is 3.19. The number of carbonyl (C=O) groups excluding carboxylic acids is 2. The zero-order chi connectivity index (χ0) is 16.1. The molecule has 2 aromatic rings. The first-order chi connectivity index (χ1) is 10.5. The standard InChI is InChI=1S/C18H17NO3/c1-12-8-9-15(13(2)10-12)19-18(22)17(21)11-16(20)14-6-4-3-5-7-14/h3-11,20H,1-2H3,(H,19,22)/b16-11-. The fourth-order valence-corrected chi connectivity index (χ4v) is 2.02. The number of ketones is 1. The third kappa shape index (κ3) is 3.82. The average molecular weight is 295 g/mol. The van der Waals surface area contributed by atoms with Crippen molar-refractivity contribution in [2.75, 3.05) is 5.32 Å². The van der Waals surface area contributed by atoms with Crippen LogP contribution in [0, 0.1) is 13.8 Å². The van der Waals surface area contributed by atoms with Crippen molar-refractivity contribution in [1.82, 2.24) is 0 Å². The second-order valence-electron chi connectivity index (χ2n) is 5.03. The van der Waals surface area contributed by atoms with Crippen LogP contribution in [0.1, 0.15) is 16.7 Å². The van der Waals surface area contributed by atoms with Gasteiger partial charge in [-0.05, 0) is 25.5 Å². The van der Waals surface area contributed by atoms with Gasteiger partial charge in [0.2, 0.25) is 5.78 Å². The Hall–Kier alpha value is -2.88. The monoisotopic (exact) mass is 295 g/mol. The maximum Gasteiger partial charge on any atom is 0.296 e. The van der Waals surface area contributed by atoms with Gasteiger partial charge in [0.25, 0.3) is 5.91 Å². The number of aryl methyl sites for hydroxylation is 2. The Morgan fingerprint density at radius 1 is 1.05 bits per heavy atom. The van der Waals surface area contributed by atoms with E-state index >= 15 is 0 Å². The summed E-state index contributed by atoms with van der Waals surface area (Å²) in [6, 6.07) is 14.1. The Balaban J connectivity index is 2.11. The van der Waals surface area contributed by atoms with Crippen LogP contribution in [0.2, 0.25) is 0 Å². The van der Waals surface area contributed by atoms with E-state index < -0.39 is 11.7 Å². The summed E-state index contributed by atoms with van der Waals surface area (Å²) in [5.74, 6) is -1.82. The van der Waals surface area contributed by atoms with Gasteiger partial charge in [-0.3, -0.25) is 9.59 Å². The third-order valence-electron chi connectivity index (χ3n) is 3.19. The van der Waals surface area contributed by atoms with Crippen LogP contribution in [-0.4, -0.2) is 16.8 Å². The molecule has 0 spiro atoms. The number of carbonyl (C=O) groups is 2. The number of amides is 1. The lowest BCUT2D eigenvalue weighted by molar-refractivity contribution is -0.131. The molecular formula is C18H17NO3. The minimum atomic E-state index is -0.804. The maximum absolute atomic E-state index is 11.9. The molecule has 2 aromatic carbocycles. The summed E-state index contributed by atoms with van der Waals surface area (Å²) in [6.07, 6.45) is 0.925. The Morgan fingerprint density at radius 2 is 1.73 bits per heavy atom. The van der Waals surface area contributed by atoms with Crippen molar-refractivity contribution in [3.8, 4) is 0 Å². The fourth-order valence-electron chi connectivity index (χ4n) is 2.02. The lowest BCUT2D eigenvalue weighted by Crippen LogP contribution is -2.21. The summed E-state index contributed by atoms with van der Waals surface area (Å²) in [5, 5.41) is 12.4. The summed E-state index contributed by atoms with van der Waals surface area (Å²) >= 11 is 0. The predicted octanol–water partition coefficient (Wildman–Crippen LogP) is 3.41. The average Bonchev–Trinajstić information content (AvgIpc) is 2.50. The SMILES string of the molecule is Cc1ccc(NC(=O)C(=O)/C=C(\O)c2ccccc2)c(C)c1. The molecule has 0 unspecified atom stereocenters. The summed E-state index contributed by atoms with van der Waals surface area (Å²) in [5.41, 5.74) is 3.01. The van der Waals surface area contributed by atoms with Gasteiger partial charge >= 0.3 is 0 Å². The molecule has 4 heteroatoms. The van der Waals surface area contributed by atoms with Crippen molar-refractivity contribution >= 4 is 23.1 Å². The molecule has 22 heavy (non-hydrogen) atoms. The van der Waals surface area contributed by atoms with E-state index in [9.17, 15) is 14.7 Å². The number of anilines is 1. The van der Waals surface area contributed by atoms with E-state index in [1.54, 1.807) is 36.4 Å². The Kier molecular flexibility index (Phi) is 4.73. The molecule has 0 radical (unpaired) electrons. The number of hydrogen-bond donors (Lipinski definition) is 2. The van der Waals surface area contributed by atoms with Gasteiger partial charge < -0.3 is 10.4 Å². The highest BCUT2D eigenvalue weighted by atomic mass is 16.3. The number of nitrogens with one attached hydrogen (secondary N) is 1. The molecule has 2 rings (SSSR count). The van der Waals surface area contributed by atoms with Gasteiger partial charge in [0, 0.05) is 17.3 Å². The first-order valence-corrected chi connectivity index (χ1v) is 6.86. The predicted molar refractivity (Wildman–Crippen MR) is 86.6 cm³/mol. The molecular weight excluding hydrogens is 278 g/mol. The second kappa shape index (κ2) is 6.72. The topological polar surface area (TPSA) is 66.4 Å². The summed E-state index contributed by atoms with van der Waals surface area (Å²) in [4.78, 5) is 23.8. The smallest absolute Gasteiger partial charge is 0.296 e. The number of aliphatic hydroxyl groups is 1. The number of hydrogen-bond acceptors (Lipinski definition) is 3. The molecule has 0 aliphatic rings. The van der Waals surface area contributed by atoms with Crippen molar-refractivity contribution in [2.24, 2.45) is 0 Å². The van der Waals surface area contributed by atoms with Gasteiger partial charge in [-0.25, -0.2) is 0 Å². The zero-order valence-electron chi connectivity index (χ0n) is 12.5. The molecule has 4 nitrogen and oxygen atoms in total. The number of aliphatic hydroxyl groups excluding tert-OH is 1. The fraction of sp³-hybridized carbons (Fsp3) is 0.111. The van der Waals surface area contributed by atoms with Crippen LogP contribution in [0.3, 0.4) is 0 Å². The van der Waals surface area contributed by atoms with Gasteiger partial charge in [-0.15, -0.1) is 0 Å². The van der Waals surface area contributed by atoms with E-state index in [0.29, 0.717) is 11.3 Å². The first-order valence-electron chi connectivity index (χ1n) is 6.86. The van der Waals surface area contributed by atoms with Gasteiger partial charge in [-0.1, -0.05) is 48.0 Å². The maximum atomic E-state index is 11.9. The van der Waals surface area contributed by atoms with E-state index in [1.165, 1.54) is 0 Å². The molecule has 0 aromatic heterocycles. The lowest BCUT2D eigenvalue weighted by Gasteiger charge is -2.07. The van der Waals surface area contributed by atoms with Crippen molar-refractivity contribution in [3.63, 3.8) is 0 Å². The zero-order valence-corrected chi connectivity index (χ0v) is 12.5. The van der Waals surface area contributed by atoms with Crippen LogP contribution in [0.25, 0.3) is 5.76 Å². The lowest BCUT2D eigenvalue weighted by atomic mass is 10.1. The van der Waals surface area contributed by atoms with Crippen LogP contribution >= 0.6 is 0 Å². The largest absolute Gasteiger partial charge is 0.507 e. The molecule has 0 atom stereocenters. The minimum absolute atomic E-state index is 0.235. The second-order valence-corrected chi connectivity index (χ2v) is 5.03. The molecule has 0 bridgehead atoms. The minimum Gasteiger partial charge on any atom is -0.507 e. The summed E-state index contributed by atoms with van der Waals surface area (Å²) < 4.78 is 0. The van der Waals surface area contributed by atoms with Gasteiger partial charge in [0.1, 0.15) is 5.76 Å². The normalized spacial score (nSPS) is 11.1. The van der Waals surface area contributed by atoms with Crippen molar-refractivity contribution < 1.29 is 14.7 Å². The molecule has 0 heterocycles. The molecule has 0 saturated carbocycles. The van der Waals surface area contributed by atoms with Crippen molar-refractivity contribution in [1.29, 1.82) is 0 Å². The highest BCUT2D eigenvalue weighted by Gasteiger charge is 2.14. The van der Waals surface area contributed by atoms with Crippen LogP contribution in [0.15, 0.2) is 54.6 Å². The summed E-state index contributed by atoms with van der Waals surface area (Å²) in [7, 11) is 0. The summed E-state index contributed by atoms with van der Waals surface area (Å²) in [6.45, 7) is 3.80. The highest BCUT2D eigenvalue weighted by Crippen LogP contribution is 2.16. The molecule has 1 amide bonds. The van der Waals surface area contributed by atoms with Crippen molar-refractivity contribution in [3.05, 3.63) is 71.3 Å². The van der Waals surface area contributed by atoms with E-state index in [2.05, 4.69) is 5.32 Å². The van der Waals surface area contributed by atoms with E-state index in [1.807, 2.05) is 26.0 Å². The molecule has 0 aliphatic carbocycles. The molecule has 0 aliphatic heterocycles. The molecule has 2 N–H and O–H groups in total. The van der Waals surface area contributed by atoms with E-state index in [0.717, 1.165) is 17.2 Å². The first kappa shape index (κ1) is 15.5.